The highest BCUT2D eigenvalue weighted by Crippen LogP contribution is 2.24. The topological polar surface area (TPSA) is 186 Å². The maximum atomic E-state index is 12.8. The van der Waals surface area contributed by atoms with Crippen molar-refractivity contribution in [2.24, 2.45) is 0 Å². The summed E-state index contributed by atoms with van der Waals surface area (Å²) in [5, 5.41) is 30.9. The van der Waals surface area contributed by atoms with Crippen molar-refractivity contribution in [1.29, 1.82) is 0 Å². The zero-order chi connectivity index (χ0) is 46.2. The fourth-order valence-corrected chi connectivity index (χ4v) is 8.78. The maximum Gasteiger partial charge on any atom is 0.306 e. The summed E-state index contributed by atoms with van der Waals surface area (Å²) in [7, 11) is -4.60. The lowest BCUT2D eigenvalue weighted by atomic mass is 10.00. The van der Waals surface area contributed by atoms with E-state index in [9.17, 15) is 37.9 Å². The molecule has 1 rings (SSSR count). The lowest BCUT2D eigenvalue weighted by molar-refractivity contribution is -0.297. The first kappa shape index (κ1) is 59.4. The van der Waals surface area contributed by atoms with E-state index in [1.165, 1.54) is 161 Å². The van der Waals surface area contributed by atoms with Crippen LogP contribution in [-0.4, -0.2) is 96.0 Å². The number of hydrogen-bond donors (Lipinski definition) is 4. The second-order valence-corrected chi connectivity index (χ2v) is 19.7. The third kappa shape index (κ3) is 35.3. The summed E-state index contributed by atoms with van der Waals surface area (Å²) in [6.45, 7) is 3.78. The summed E-state index contributed by atoms with van der Waals surface area (Å²) < 4.78 is 54.2. The first-order chi connectivity index (χ1) is 30.5. The molecule has 1 aliphatic heterocycles. The van der Waals surface area contributed by atoms with Crippen LogP contribution in [0.25, 0.3) is 0 Å². The zero-order valence-electron chi connectivity index (χ0n) is 40.0. The van der Waals surface area contributed by atoms with E-state index in [1.54, 1.807) is 0 Å². The number of unbranched alkanes of at least 4 members (excludes halogenated alkanes) is 30. The molecule has 0 aromatic heterocycles. The lowest BCUT2D eigenvalue weighted by Crippen LogP contribution is -2.60. The molecule has 1 heterocycles. The number of allylic oxidation sites excluding steroid dienone is 2. The summed E-state index contributed by atoms with van der Waals surface area (Å²) in [6, 6.07) is 0. The van der Waals surface area contributed by atoms with Crippen molar-refractivity contribution in [2.45, 2.75) is 275 Å². The Morgan fingerprint density at radius 1 is 0.524 bits per heavy atom. The van der Waals surface area contributed by atoms with Crippen LogP contribution in [0.5, 0.6) is 0 Å². The largest absolute Gasteiger partial charge is 0.462 e. The average Bonchev–Trinajstić information content (AvgIpc) is 3.25. The standard InChI is InChI=1S/C50H94O12S/c1-3-5-7-9-11-13-15-17-19-20-21-22-23-25-26-28-30-32-34-36-38-45(51)59-40-43(41-60-50-49(55)48(54)47(53)44(62-50)42-63(56,57)58)61-46(52)39-37-35-33-31-29-27-24-18-16-14-12-10-8-6-4-2/h29,31,43-44,47-50,53-55H,3-28,30,32-42H2,1-2H3,(H,56,57,58)/b31-29+/t43-,44-,47-,48?,49?,50+/m1/s1. The molecule has 0 bridgehead atoms. The molecule has 1 saturated heterocycles. The molecule has 2 unspecified atom stereocenters. The minimum atomic E-state index is -4.60. The number of rotatable bonds is 44. The first-order valence-electron chi connectivity index (χ1n) is 25.7. The van der Waals surface area contributed by atoms with Crippen LogP contribution < -0.4 is 0 Å². The predicted molar refractivity (Wildman–Crippen MR) is 252 cm³/mol. The van der Waals surface area contributed by atoms with Crippen molar-refractivity contribution < 1.29 is 56.8 Å². The van der Waals surface area contributed by atoms with E-state index >= 15 is 0 Å². The highest BCUT2D eigenvalue weighted by Gasteiger charge is 2.46. The smallest absolute Gasteiger partial charge is 0.306 e. The van der Waals surface area contributed by atoms with Gasteiger partial charge in [-0.05, 0) is 38.5 Å². The number of esters is 2. The summed E-state index contributed by atoms with van der Waals surface area (Å²) in [5.74, 6) is -1.99. The van der Waals surface area contributed by atoms with Crippen molar-refractivity contribution >= 4 is 22.1 Å². The van der Waals surface area contributed by atoms with Gasteiger partial charge in [0.2, 0.25) is 0 Å². The van der Waals surface area contributed by atoms with Crippen LogP contribution in [-0.2, 0) is 38.7 Å². The van der Waals surface area contributed by atoms with Crippen LogP contribution >= 0.6 is 0 Å². The van der Waals surface area contributed by atoms with Crippen molar-refractivity contribution in [3.63, 3.8) is 0 Å². The Morgan fingerprint density at radius 2 is 0.905 bits per heavy atom. The van der Waals surface area contributed by atoms with E-state index in [4.69, 9.17) is 18.9 Å². The first-order valence-corrected chi connectivity index (χ1v) is 27.4. The third-order valence-electron chi connectivity index (χ3n) is 12.1. The monoisotopic (exact) mass is 919 g/mol. The van der Waals surface area contributed by atoms with E-state index in [0.29, 0.717) is 12.8 Å². The van der Waals surface area contributed by atoms with Gasteiger partial charge in [0.05, 0.1) is 6.61 Å². The number of carbonyl (C=O) groups excluding carboxylic acids is 2. The third-order valence-corrected chi connectivity index (χ3v) is 12.8. The Labute approximate surface area is 384 Å². The fraction of sp³-hybridized carbons (Fsp3) is 0.920. The summed E-state index contributed by atoms with van der Waals surface area (Å²) in [4.78, 5) is 25.5. The number of aliphatic hydroxyl groups excluding tert-OH is 3. The molecule has 372 valence electrons. The quantitative estimate of drug-likeness (QED) is 0.0196. The van der Waals surface area contributed by atoms with Crippen LogP contribution in [0.4, 0.5) is 0 Å². The molecule has 6 atom stereocenters. The second kappa shape index (κ2) is 40.6. The van der Waals surface area contributed by atoms with Gasteiger partial charge in [0, 0.05) is 12.8 Å². The molecule has 0 saturated carbocycles. The number of carbonyl (C=O) groups is 2. The molecule has 63 heavy (non-hydrogen) atoms. The fourth-order valence-electron chi connectivity index (χ4n) is 8.09. The van der Waals surface area contributed by atoms with Crippen molar-refractivity contribution in [3.8, 4) is 0 Å². The number of ether oxygens (including phenoxy) is 4. The Morgan fingerprint density at radius 3 is 1.35 bits per heavy atom. The van der Waals surface area contributed by atoms with Crippen molar-refractivity contribution in [1.82, 2.24) is 0 Å². The molecule has 0 amide bonds. The van der Waals surface area contributed by atoms with Gasteiger partial charge in [0.15, 0.2) is 12.4 Å². The van der Waals surface area contributed by atoms with E-state index in [2.05, 4.69) is 26.0 Å². The number of hydrogen-bond acceptors (Lipinski definition) is 11. The molecule has 4 N–H and O–H groups in total. The van der Waals surface area contributed by atoms with Gasteiger partial charge in [-0.2, -0.15) is 8.42 Å². The van der Waals surface area contributed by atoms with Gasteiger partial charge < -0.3 is 34.3 Å². The van der Waals surface area contributed by atoms with E-state index < -0.39 is 71.2 Å². The minimum absolute atomic E-state index is 0.139. The zero-order valence-corrected chi connectivity index (χ0v) is 40.8. The molecule has 0 aromatic carbocycles. The van der Waals surface area contributed by atoms with Crippen LogP contribution in [0, 0.1) is 0 Å². The lowest BCUT2D eigenvalue weighted by Gasteiger charge is -2.40. The highest BCUT2D eigenvalue weighted by atomic mass is 32.2. The van der Waals surface area contributed by atoms with Crippen LogP contribution in [0.15, 0.2) is 12.2 Å². The molecule has 12 nitrogen and oxygen atoms in total. The molecule has 1 fully saturated rings. The van der Waals surface area contributed by atoms with Crippen molar-refractivity contribution in [3.05, 3.63) is 12.2 Å². The molecular weight excluding hydrogens is 825 g/mol. The van der Waals surface area contributed by atoms with Gasteiger partial charge in [0.25, 0.3) is 10.1 Å². The van der Waals surface area contributed by atoms with Gasteiger partial charge in [-0.25, -0.2) is 0 Å². The van der Waals surface area contributed by atoms with Gasteiger partial charge in [0.1, 0.15) is 36.8 Å². The normalized spacial score (nSPS) is 19.7. The van der Waals surface area contributed by atoms with E-state index in [-0.39, 0.29) is 19.4 Å². The molecular formula is C50H94O12S. The Bertz CT molecular complexity index is 1210. The van der Waals surface area contributed by atoms with E-state index in [1.807, 2.05) is 0 Å². The Hall–Kier alpha value is -1.61. The molecule has 0 spiro atoms. The maximum absolute atomic E-state index is 12.8. The molecule has 0 radical (unpaired) electrons. The number of aliphatic hydroxyl groups is 3. The summed E-state index contributed by atoms with van der Waals surface area (Å²) in [5.41, 5.74) is 0. The molecule has 1 aliphatic rings. The minimum Gasteiger partial charge on any atom is -0.462 e. The summed E-state index contributed by atoms with van der Waals surface area (Å²) in [6.07, 6.45) is 35.5. The van der Waals surface area contributed by atoms with Gasteiger partial charge in [-0.1, -0.05) is 199 Å². The predicted octanol–water partition coefficient (Wildman–Crippen LogP) is 11.4. The molecule has 13 heteroatoms. The highest BCUT2D eigenvalue weighted by molar-refractivity contribution is 7.85. The van der Waals surface area contributed by atoms with Crippen LogP contribution in [0.3, 0.4) is 0 Å². The van der Waals surface area contributed by atoms with Crippen LogP contribution in [0.2, 0.25) is 0 Å². The van der Waals surface area contributed by atoms with Crippen LogP contribution in [0.1, 0.15) is 239 Å². The molecule has 0 aliphatic carbocycles. The van der Waals surface area contributed by atoms with Crippen molar-refractivity contribution in [2.75, 3.05) is 19.0 Å². The second-order valence-electron chi connectivity index (χ2n) is 18.2. The van der Waals surface area contributed by atoms with Gasteiger partial charge >= 0.3 is 11.9 Å². The summed E-state index contributed by atoms with van der Waals surface area (Å²) >= 11 is 0. The SMILES string of the molecule is CCCCCCCCCCC/C=C/CCCCC(=O)O[C@H](COC(=O)CCCCCCCCCCCCCCCCCCCCCC)CO[C@H]1O[C@H](CS(=O)(=O)O)[C@@H](O)C(O)C1O. The van der Waals surface area contributed by atoms with Gasteiger partial charge in [-0.3, -0.25) is 14.1 Å². The van der Waals surface area contributed by atoms with E-state index in [0.717, 1.165) is 38.5 Å². The van der Waals surface area contributed by atoms with Gasteiger partial charge in [-0.15, -0.1) is 0 Å². The Kier molecular flexibility index (Phi) is 38.3. The molecule has 0 aromatic rings. The average molecular weight is 919 g/mol. The Balaban J connectivity index is 2.36.